The third-order valence-corrected chi connectivity index (χ3v) is 3.83. The van der Waals surface area contributed by atoms with E-state index < -0.39 is 0 Å². The Morgan fingerprint density at radius 3 is 2.56 bits per heavy atom. The third-order valence-electron chi connectivity index (χ3n) is 3.59. The quantitative estimate of drug-likeness (QED) is 0.595. The first-order valence-corrected chi connectivity index (χ1v) is 8.53. The Kier molecular flexibility index (Phi) is 5.19. The van der Waals surface area contributed by atoms with E-state index in [9.17, 15) is 4.79 Å². The van der Waals surface area contributed by atoms with E-state index in [0.29, 0.717) is 17.3 Å². The minimum atomic E-state index is -0.280. The van der Waals surface area contributed by atoms with Crippen molar-refractivity contribution in [2.24, 2.45) is 5.92 Å². The number of benzene rings is 2. The van der Waals surface area contributed by atoms with Crippen molar-refractivity contribution >= 4 is 17.6 Å². The molecule has 0 saturated carbocycles. The van der Waals surface area contributed by atoms with Crippen LogP contribution in [0.25, 0.3) is 16.9 Å². The number of rotatable bonds is 5. The fourth-order valence-electron chi connectivity index (χ4n) is 2.47. The molecule has 0 spiro atoms. The minimum Gasteiger partial charge on any atom is -0.407 e. The van der Waals surface area contributed by atoms with Crippen LogP contribution in [0.5, 0.6) is 5.88 Å². The zero-order valence-corrected chi connectivity index (χ0v) is 14.9. The van der Waals surface area contributed by atoms with E-state index in [1.54, 1.807) is 22.9 Å². The lowest BCUT2D eigenvalue weighted by atomic mass is 10.1. The molecule has 0 amide bonds. The van der Waals surface area contributed by atoms with Crippen LogP contribution in [0, 0.1) is 5.92 Å². The van der Waals surface area contributed by atoms with Crippen molar-refractivity contribution < 1.29 is 9.53 Å². The van der Waals surface area contributed by atoms with Crippen LogP contribution >= 0.6 is 11.6 Å². The summed E-state index contributed by atoms with van der Waals surface area (Å²) in [6.07, 6.45) is 0.349. The number of esters is 1. The molecule has 2 aromatic carbocycles. The number of hydrogen-bond acceptors (Lipinski definition) is 3. The predicted octanol–water partition coefficient (Wildman–Crippen LogP) is 5.14. The fraction of sp³-hybridized carbons (Fsp3) is 0.200. The second-order valence-electron chi connectivity index (χ2n) is 6.20. The molecule has 0 aliphatic carbocycles. The second-order valence-corrected chi connectivity index (χ2v) is 6.63. The van der Waals surface area contributed by atoms with E-state index in [1.165, 1.54) is 0 Å². The van der Waals surface area contributed by atoms with E-state index in [0.717, 1.165) is 16.9 Å². The van der Waals surface area contributed by atoms with Gasteiger partial charge < -0.3 is 4.74 Å². The topological polar surface area (TPSA) is 44.1 Å². The fourth-order valence-corrected chi connectivity index (χ4v) is 2.66. The van der Waals surface area contributed by atoms with Crippen LogP contribution in [-0.4, -0.2) is 15.7 Å². The molecule has 25 heavy (non-hydrogen) atoms. The van der Waals surface area contributed by atoms with Gasteiger partial charge in [-0.05, 0) is 24.1 Å². The third kappa shape index (κ3) is 4.28. The van der Waals surface area contributed by atoms with Gasteiger partial charge in [-0.3, -0.25) is 4.79 Å². The molecular weight excluding hydrogens is 336 g/mol. The van der Waals surface area contributed by atoms with Crippen molar-refractivity contribution in [3.05, 3.63) is 65.7 Å². The van der Waals surface area contributed by atoms with Crippen molar-refractivity contribution in [3.63, 3.8) is 0 Å². The Morgan fingerprint density at radius 2 is 1.88 bits per heavy atom. The summed E-state index contributed by atoms with van der Waals surface area (Å²) >= 11 is 6.10. The first kappa shape index (κ1) is 17.2. The number of aromatic nitrogens is 2. The summed E-state index contributed by atoms with van der Waals surface area (Å²) in [5.41, 5.74) is 2.42. The van der Waals surface area contributed by atoms with Crippen LogP contribution in [0.15, 0.2) is 60.7 Å². The van der Waals surface area contributed by atoms with Gasteiger partial charge in [0, 0.05) is 23.1 Å². The summed E-state index contributed by atoms with van der Waals surface area (Å²) in [7, 11) is 0. The molecule has 0 saturated heterocycles. The molecule has 5 heteroatoms. The summed E-state index contributed by atoms with van der Waals surface area (Å²) < 4.78 is 7.17. The Morgan fingerprint density at radius 1 is 1.12 bits per heavy atom. The van der Waals surface area contributed by atoms with E-state index in [2.05, 4.69) is 5.10 Å². The molecule has 4 nitrogen and oxygen atoms in total. The summed E-state index contributed by atoms with van der Waals surface area (Å²) in [5.74, 6) is 0.327. The molecule has 0 aliphatic heterocycles. The SMILES string of the molecule is CC(C)CC(=O)Oc1cc(-c2ccccc2)nn1-c1cccc(Cl)c1. The van der Waals surface area contributed by atoms with Gasteiger partial charge in [0.15, 0.2) is 0 Å². The number of hydrogen-bond donors (Lipinski definition) is 0. The Labute approximate surface area is 152 Å². The minimum absolute atomic E-state index is 0.226. The van der Waals surface area contributed by atoms with Crippen molar-refractivity contribution in [2.75, 3.05) is 0 Å². The normalized spacial score (nSPS) is 10.9. The molecule has 0 fully saturated rings. The molecule has 1 aromatic heterocycles. The molecule has 0 atom stereocenters. The van der Waals surface area contributed by atoms with Gasteiger partial charge in [0.2, 0.25) is 5.88 Å². The Bertz CT molecular complexity index is 872. The largest absolute Gasteiger partial charge is 0.407 e. The summed E-state index contributed by atoms with van der Waals surface area (Å²) in [4.78, 5) is 12.1. The van der Waals surface area contributed by atoms with Gasteiger partial charge in [-0.1, -0.05) is 61.8 Å². The zero-order chi connectivity index (χ0) is 17.8. The smallest absolute Gasteiger partial charge is 0.312 e. The molecule has 3 aromatic rings. The molecule has 0 bridgehead atoms. The zero-order valence-electron chi connectivity index (χ0n) is 14.1. The first-order chi connectivity index (χ1) is 12.0. The number of carbonyl (C=O) groups is 1. The monoisotopic (exact) mass is 354 g/mol. The van der Waals surface area contributed by atoms with E-state index in [1.807, 2.05) is 56.3 Å². The van der Waals surface area contributed by atoms with Crippen molar-refractivity contribution in [3.8, 4) is 22.8 Å². The standard InChI is InChI=1S/C20H19ClN2O2/c1-14(2)11-20(24)25-19-13-18(15-7-4-3-5-8-15)22-23(19)17-10-6-9-16(21)12-17/h3-10,12-14H,11H2,1-2H3. The lowest BCUT2D eigenvalue weighted by molar-refractivity contribution is -0.135. The van der Waals surface area contributed by atoms with Gasteiger partial charge in [-0.15, -0.1) is 0 Å². The molecule has 0 aliphatic rings. The van der Waals surface area contributed by atoms with E-state index in [-0.39, 0.29) is 11.9 Å². The van der Waals surface area contributed by atoms with Crippen molar-refractivity contribution in [2.45, 2.75) is 20.3 Å². The van der Waals surface area contributed by atoms with Crippen LogP contribution in [-0.2, 0) is 4.79 Å². The van der Waals surface area contributed by atoms with Crippen LogP contribution in [0.2, 0.25) is 5.02 Å². The Balaban J connectivity index is 2.02. The summed E-state index contributed by atoms with van der Waals surface area (Å²) in [5, 5.41) is 5.20. The van der Waals surface area contributed by atoms with Gasteiger partial charge in [0.25, 0.3) is 0 Å². The van der Waals surface area contributed by atoms with Crippen molar-refractivity contribution in [1.29, 1.82) is 0 Å². The highest BCUT2D eigenvalue weighted by atomic mass is 35.5. The van der Waals surface area contributed by atoms with Crippen LogP contribution in [0.4, 0.5) is 0 Å². The number of ether oxygens (including phenoxy) is 1. The Hall–Kier alpha value is -2.59. The average molecular weight is 355 g/mol. The first-order valence-electron chi connectivity index (χ1n) is 8.15. The maximum atomic E-state index is 12.1. The number of halogens is 1. The predicted molar refractivity (Wildman–Crippen MR) is 99.1 cm³/mol. The summed E-state index contributed by atoms with van der Waals surface area (Å²) in [6.45, 7) is 3.95. The molecule has 1 heterocycles. The molecule has 0 unspecified atom stereocenters. The molecule has 3 rings (SSSR count). The number of nitrogens with zero attached hydrogens (tertiary/aromatic N) is 2. The lowest BCUT2D eigenvalue weighted by Gasteiger charge is -2.09. The van der Waals surface area contributed by atoms with E-state index >= 15 is 0 Å². The highest BCUT2D eigenvalue weighted by Gasteiger charge is 2.16. The van der Waals surface area contributed by atoms with Crippen LogP contribution in [0.3, 0.4) is 0 Å². The summed E-state index contributed by atoms with van der Waals surface area (Å²) in [6, 6.07) is 18.8. The van der Waals surface area contributed by atoms with Crippen molar-refractivity contribution in [1.82, 2.24) is 9.78 Å². The molecule has 128 valence electrons. The maximum Gasteiger partial charge on any atom is 0.312 e. The van der Waals surface area contributed by atoms with Gasteiger partial charge in [0.1, 0.15) is 0 Å². The van der Waals surface area contributed by atoms with Gasteiger partial charge in [-0.25, -0.2) is 0 Å². The number of carbonyl (C=O) groups excluding carboxylic acids is 1. The lowest BCUT2D eigenvalue weighted by Crippen LogP contribution is -2.13. The molecule has 0 radical (unpaired) electrons. The van der Waals surface area contributed by atoms with Gasteiger partial charge >= 0.3 is 5.97 Å². The second kappa shape index (κ2) is 7.53. The molecule has 0 N–H and O–H groups in total. The van der Waals surface area contributed by atoms with E-state index in [4.69, 9.17) is 16.3 Å². The highest BCUT2D eigenvalue weighted by Crippen LogP contribution is 2.27. The van der Waals surface area contributed by atoms with Crippen LogP contribution in [0.1, 0.15) is 20.3 Å². The van der Waals surface area contributed by atoms with Gasteiger partial charge in [-0.2, -0.15) is 9.78 Å². The maximum absolute atomic E-state index is 12.1. The average Bonchev–Trinajstić information content (AvgIpc) is 2.98. The van der Waals surface area contributed by atoms with Crippen LogP contribution < -0.4 is 4.74 Å². The molecular formula is C20H19ClN2O2. The van der Waals surface area contributed by atoms with Gasteiger partial charge in [0.05, 0.1) is 11.4 Å². The highest BCUT2D eigenvalue weighted by molar-refractivity contribution is 6.30.